The molecule has 0 amide bonds. The van der Waals surface area contributed by atoms with Gasteiger partial charge in [-0.1, -0.05) is 24.1 Å². The highest BCUT2D eigenvalue weighted by atomic mass is 14.9. The molecule has 2 rings (SSSR count). The average Bonchev–Trinajstić information content (AvgIpc) is 2.32. The lowest BCUT2D eigenvalue weighted by Gasteiger charge is -1.96. The number of benzene rings is 1. The van der Waals surface area contributed by atoms with Gasteiger partial charge < -0.3 is 5.73 Å². The van der Waals surface area contributed by atoms with E-state index in [-0.39, 0.29) is 0 Å². The molecule has 2 N–H and O–H groups in total. The molecule has 0 radical (unpaired) electrons. The molecule has 1 heterocycles. The largest absolute Gasteiger partial charge is 0.381 e. The van der Waals surface area contributed by atoms with Crippen molar-refractivity contribution in [1.29, 1.82) is 0 Å². The Morgan fingerprint density at radius 3 is 2.62 bits per heavy atom. The van der Waals surface area contributed by atoms with Gasteiger partial charge in [-0.05, 0) is 25.0 Å². The summed E-state index contributed by atoms with van der Waals surface area (Å²) >= 11 is 0. The first-order chi connectivity index (χ1) is 7.75. The fraction of sp³-hybridized carbons (Fsp3) is 0.0769. The number of hydrogen-bond donors (Lipinski definition) is 1. The van der Waals surface area contributed by atoms with E-state index < -0.39 is 0 Å². The number of nitrogens with two attached hydrogens (primary N) is 1. The van der Waals surface area contributed by atoms with Crippen molar-refractivity contribution in [1.82, 2.24) is 9.97 Å². The smallest absolute Gasteiger partial charge is 0.158 e. The van der Waals surface area contributed by atoms with Crippen molar-refractivity contribution >= 4 is 5.82 Å². The normalized spacial score (nSPS) is 9.31. The average molecular weight is 209 g/mol. The molecule has 16 heavy (non-hydrogen) atoms. The zero-order chi connectivity index (χ0) is 11.4. The molecule has 0 saturated carbocycles. The number of aryl methyl sites for hydroxylation is 1. The summed E-state index contributed by atoms with van der Waals surface area (Å²) in [6.07, 6.45) is 1.63. The number of anilines is 1. The lowest BCUT2D eigenvalue weighted by molar-refractivity contribution is 1.11. The topological polar surface area (TPSA) is 51.8 Å². The molecule has 0 unspecified atom stereocenters. The molecule has 0 saturated heterocycles. The van der Waals surface area contributed by atoms with E-state index >= 15 is 0 Å². The van der Waals surface area contributed by atoms with Gasteiger partial charge in [-0.2, -0.15) is 0 Å². The van der Waals surface area contributed by atoms with E-state index in [2.05, 4.69) is 21.8 Å². The van der Waals surface area contributed by atoms with Crippen LogP contribution in [0.3, 0.4) is 0 Å². The van der Waals surface area contributed by atoms with Crippen LogP contribution in [0.2, 0.25) is 0 Å². The van der Waals surface area contributed by atoms with E-state index in [9.17, 15) is 0 Å². The standard InChI is InChI=1S/C13H11N3/c1-10-9-15-13(14)12(16-10)8-7-11-5-3-2-4-6-11/h2-6,9H,1H3,(H2,14,15). The van der Waals surface area contributed by atoms with E-state index in [1.165, 1.54) is 0 Å². The predicted molar refractivity (Wildman–Crippen MR) is 63.6 cm³/mol. The molecule has 0 aliphatic rings. The van der Waals surface area contributed by atoms with Crippen molar-refractivity contribution in [3.05, 3.63) is 53.5 Å². The van der Waals surface area contributed by atoms with Crippen LogP contribution in [0.5, 0.6) is 0 Å². The van der Waals surface area contributed by atoms with Gasteiger partial charge in [0.1, 0.15) is 0 Å². The highest BCUT2D eigenvalue weighted by molar-refractivity contribution is 5.49. The van der Waals surface area contributed by atoms with Crippen LogP contribution in [0.25, 0.3) is 0 Å². The zero-order valence-corrected chi connectivity index (χ0v) is 8.94. The Kier molecular flexibility index (Phi) is 2.84. The van der Waals surface area contributed by atoms with E-state index in [0.29, 0.717) is 11.5 Å². The minimum atomic E-state index is 0.369. The third kappa shape index (κ3) is 2.37. The SMILES string of the molecule is Cc1cnc(N)c(C#Cc2ccccc2)n1. The highest BCUT2D eigenvalue weighted by Crippen LogP contribution is 2.04. The fourth-order valence-electron chi connectivity index (χ4n) is 1.23. The summed E-state index contributed by atoms with van der Waals surface area (Å²) in [5.74, 6) is 6.29. The van der Waals surface area contributed by atoms with Crippen LogP contribution in [0.15, 0.2) is 36.5 Å². The Bertz CT molecular complexity index is 550. The van der Waals surface area contributed by atoms with E-state index in [1.807, 2.05) is 37.3 Å². The summed E-state index contributed by atoms with van der Waals surface area (Å²) < 4.78 is 0. The minimum Gasteiger partial charge on any atom is -0.381 e. The van der Waals surface area contributed by atoms with Crippen molar-refractivity contribution in [2.75, 3.05) is 5.73 Å². The zero-order valence-electron chi connectivity index (χ0n) is 8.94. The second-order valence-corrected chi connectivity index (χ2v) is 3.36. The Morgan fingerprint density at radius 2 is 1.88 bits per heavy atom. The molecule has 0 spiro atoms. The van der Waals surface area contributed by atoms with Crippen molar-refractivity contribution in [2.45, 2.75) is 6.92 Å². The van der Waals surface area contributed by atoms with Gasteiger partial charge in [0, 0.05) is 5.56 Å². The number of nitrogens with zero attached hydrogens (tertiary/aromatic N) is 2. The molecular weight excluding hydrogens is 198 g/mol. The third-order valence-corrected chi connectivity index (χ3v) is 2.02. The Hall–Kier alpha value is -2.34. The van der Waals surface area contributed by atoms with Gasteiger partial charge >= 0.3 is 0 Å². The summed E-state index contributed by atoms with van der Waals surface area (Å²) in [4.78, 5) is 8.23. The van der Waals surface area contributed by atoms with Crippen LogP contribution in [0.4, 0.5) is 5.82 Å². The molecular formula is C13H11N3. The van der Waals surface area contributed by atoms with Crippen LogP contribution in [-0.4, -0.2) is 9.97 Å². The van der Waals surface area contributed by atoms with Crippen molar-refractivity contribution in [2.24, 2.45) is 0 Å². The van der Waals surface area contributed by atoms with Crippen LogP contribution in [-0.2, 0) is 0 Å². The van der Waals surface area contributed by atoms with Gasteiger partial charge in [0.15, 0.2) is 11.5 Å². The maximum Gasteiger partial charge on any atom is 0.158 e. The summed E-state index contributed by atoms with van der Waals surface area (Å²) in [5, 5.41) is 0. The van der Waals surface area contributed by atoms with Crippen molar-refractivity contribution < 1.29 is 0 Å². The molecule has 78 valence electrons. The Labute approximate surface area is 94.4 Å². The van der Waals surface area contributed by atoms with Crippen molar-refractivity contribution in [3.8, 4) is 11.8 Å². The second kappa shape index (κ2) is 4.45. The Balaban J connectivity index is 2.34. The summed E-state index contributed by atoms with van der Waals surface area (Å²) in [7, 11) is 0. The molecule has 1 aromatic carbocycles. The fourth-order valence-corrected chi connectivity index (χ4v) is 1.23. The third-order valence-electron chi connectivity index (χ3n) is 2.02. The molecule has 1 aromatic heterocycles. The molecule has 3 heteroatoms. The molecule has 0 atom stereocenters. The quantitative estimate of drug-likeness (QED) is 0.673. The van der Waals surface area contributed by atoms with Gasteiger partial charge in [-0.25, -0.2) is 9.97 Å². The molecule has 0 aliphatic heterocycles. The highest BCUT2D eigenvalue weighted by Gasteiger charge is 1.97. The summed E-state index contributed by atoms with van der Waals surface area (Å²) in [5.41, 5.74) is 7.96. The van der Waals surface area contributed by atoms with Crippen LogP contribution in [0.1, 0.15) is 17.0 Å². The minimum absolute atomic E-state index is 0.369. The lowest BCUT2D eigenvalue weighted by atomic mass is 10.2. The first-order valence-corrected chi connectivity index (χ1v) is 4.92. The molecule has 2 aromatic rings. The van der Waals surface area contributed by atoms with Gasteiger partial charge in [-0.15, -0.1) is 0 Å². The predicted octanol–water partition coefficient (Wildman–Crippen LogP) is 1.77. The number of hydrogen-bond acceptors (Lipinski definition) is 3. The van der Waals surface area contributed by atoms with E-state index in [0.717, 1.165) is 11.3 Å². The van der Waals surface area contributed by atoms with Crippen LogP contribution in [0, 0.1) is 18.8 Å². The molecule has 0 aliphatic carbocycles. The first kappa shape index (κ1) is 10.2. The first-order valence-electron chi connectivity index (χ1n) is 4.92. The van der Waals surface area contributed by atoms with Crippen LogP contribution < -0.4 is 5.73 Å². The number of rotatable bonds is 0. The Morgan fingerprint density at radius 1 is 1.12 bits per heavy atom. The monoisotopic (exact) mass is 209 g/mol. The van der Waals surface area contributed by atoms with Crippen molar-refractivity contribution in [3.63, 3.8) is 0 Å². The number of aromatic nitrogens is 2. The number of nitrogen functional groups attached to an aromatic ring is 1. The van der Waals surface area contributed by atoms with E-state index in [4.69, 9.17) is 5.73 Å². The molecule has 0 bridgehead atoms. The lowest BCUT2D eigenvalue weighted by Crippen LogP contribution is -1.98. The van der Waals surface area contributed by atoms with Gasteiger partial charge in [0.2, 0.25) is 0 Å². The maximum absolute atomic E-state index is 5.68. The van der Waals surface area contributed by atoms with Gasteiger partial charge in [0.05, 0.1) is 11.9 Å². The van der Waals surface area contributed by atoms with Gasteiger partial charge in [0.25, 0.3) is 0 Å². The maximum atomic E-state index is 5.68. The molecule has 0 fully saturated rings. The second-order valence-electron chi connectivity index (χ2n) is 3.36. The molecule has 3 nitrogen and oxygen atoms in total. The van der Waals surface area contributed by atoms with E-state index in [1.54, 1.807) is 6.20 Å². The van der Waals surface area contributed by atoms with Crippen LogP contribution >= 0.6 is 0 Å². The summed E-state index contributed by atoms with van der Waals surface area (Å²) in [6, 6.07) is 9.70. The van der Waals surface area contributed by atoms with Gasteiger partial charge in [-0.3, -0.25) is 0 Å². The summed E-state index contributed by atoms with van der Waals surface area (Å²) in [6.45, 7) is 1.86.